The number of pyridine rings is 1. The van der Waals surface area contributed by atoms with E-state index < -0.39 is 0 Å². The Balaban J connectivity index is 2.25. The van der Waals surface area contributed by atoms with Gasteiger partial charge in [0.25, 0.3) is 0 Å². The first kappa shape index (κ1) is 12.9. The molecule has 0 bridgehead atoms. The molecule has 0 fully saturated rings. The molecular formula is C15H13BrN4. The van der Waals surface area contributed by atoms with Crippen molar-refractivity contribution >= 4 is 21.7 Å². The van der Waals surface area contributed by atoms with Crippen LogP contribution in [0.4, 0.5) is 5.82 Å². The third kappa shape index (κ3) is 2.20. The quantitative estimate of drug-likeness (QED) is 0.783. The minimum atomic E-state index is 0.641. The molecule has 0 aliphatic rings. The first-order valence-electron chi connectivity index (χ1n) is 6.15. The maximum absolute atomic E-state index is 6.19. The molecule has 20 heavy (non-hydrogen) atoms. The highest BCUT2D eigenvalue weighted by molar-refractivity contribution is 9.10. The minimum Gasteiger partial charge on any atom is -0.383 e. The van der Waals surface area contributed by atoms with Gasteiger partial charge in [0, 0.05) is 29.5 Å². The molecule has 5 heteroatoms. The van der Waals surface area contributed by atoms with Crippen molar-refractivity contribution in [3.05, 3.63) is 53.3 Å². The first-order chi connectivity index (χ1) is 9.66. The van der Waals surface area contributed by atoms with Crippen LogP contribution in [0, 0.1) is 0 Å². The number of halogens is 1. The van der Waals surface area contributed by atoms with Gasteiger partial charge in [-0.1, -0.05) is 28.1 Å². The molecule has 3 aromatic rings. The zero-order valence-corrected chi connectivity index (χ0v) is 12.5. The van der Waals surface area contributed by atoms with E-state index >= 15 is 0 Å². The van der Waals surface area contributed by atoms with Crippen LogP contribution in [-0.4, -0.2) is 14.8 Å². The molecule has 0 amide bonds. The first-order valence-corrected chi connectivity index (χ1v) is 6.95. The lowest BCUT2D eigenvalue weighted by Gasteiger charge is -2.04. The van der Waals surface area contributed by atoms with Crippen molar-refractivity contribution in [2.45, 2.75) is 0 Å². The molecule has 0 unspecified atom stereocenters. The lowest BCUT2D eigenvalue weighted by Crippen LogP contribution is -1.97. The van der Waals surface area contributed by atoms with Gasteiger partial charge in [0.15, 0.2) is 0 Å². The molecule has 3 rings (SSSR count). The highest BCUT2D eigenvalue weighted by atomic mass is 79.9. The van der Waals surface area contributed by atoms with Crippen LogP contribution in [0.15, 0.2) is 53.3 Å². The fourth-order valence-electron chi connectivity index (χ4n) is 2.17. The molecule has 0 saturated heterocycles. The van der Waals surface area contributed by atoms with E-state index in [-0.39, 0.29) is 0 Å². The SMILES string of the molecule is Cn1nc(-c2cccnc2)c(-c2cccc(Br)c2)c1N. The van der Waals surface area contributed by atoms with Crippen molar-refractivity contribution in [2.24, 2.45) is 7.05 Å². The van der Waals surface area contributed by atoms with Gasteiger partial charge in [0.05, 0.1) is 5.56 Å². The Morgan fingerprint density at radius 3 is 2.65 bits per heavy atom. The second-order valence-electron chi connectivity index (χ2n) is 4.48. The van der Waals surface area contributed by atoms with Gasteiger partial charge in [-0.05, 0) is 29.8 Å². The van der Waals surface area contributed by atoms with E-state index in [4.69, 9.17) is 5.73 Å². The summed E-state index contributed by atoms with van der Waals surface area (Å²) in [6.45, 7) is 0. The Bertz CT molecular complexity index is 750. The Morgan fingerprint density at radius 1 is 1.15 bits per heavy atom. The number of hydrogen-bond acceptors (Lipinski definition) is 3. The van der Waals surface area contributed by atoms with Gasteiger partial charge in [-0.2, -0.15) is 5.10 Å². The van der Waals surface area contributed by atoms with Gasteiger partial charge in [0.1, 0.15) is 11.5 Å². The van der Waals surface area contributed by atoms with E-state index in [0.29, 0.717) is 5.82 Å². The Kier molecular flexibility index (Phi) is 3.28. The van der Waals surface area contributed by atoms with Crippen molar-refractivity contribution in [3.63, 3.8) is 0 Å². The van der Waals surface area contributed by atoms with Crippen molar-refractivity contribution in [1.29, 1.82) is 0 Å². The van der Waals surface area contributed by atoms with Crippen LogP contribution in [-0.2, 0) is 7.05 Å². The number of aryl methyl sites for hydroxylation is 1. The van der Waals surface area contributed by atoms with Crippen molar-refractivity contribution in [1.82, 2.24) is 14.8 Å². The number of nitrogens with two attached hydrogens (primary N) is 1. The predicted molar refractivity (Wildman–Crippen MR) is 84.0 cm³/mol. The Hall–Kier alpha value is -2.14. The summed E-state index contributed by atoms with van der Waals surface area (Å²) >= 11 is 3.49. The number of benzene rings is 1. The largest absolute Gasteiger partial charge is 0.383 e. The number of rotatable bonds is 2. The van der Waals surface area contributed by atoms with Crippen LogP contribution >= 0.6 is 15.9 Å². The molecule has 0 radical (unpaired) electrons. The lowest BCUT2D eigenvalue weighted by atomic mass is 10.0. The zero-order valence-electron chi connectivity index (χ0n) is 10.9. The van der Waals surface area contributed by atoms with Crippen molar-refractivity contribution < 1.29 is 0 Å². The maximum atomic E-state index is 6.19. The smallest absolute Gasteiger partial charge is 0.129 e. The summed E-state index contributed by atoms with van der Waals surface area (Å²) in [7, 11) is 1.84. The zero-order chi connectivity index (χ0) is 14.1. The van der Waals surface area contributed by atoms with Gasteiger partial charge in [0.2, 0.25) is 0 Å². The van der Waals surface area contributed by atoms with E-state index in [2.05, 4.69) is 26.0 Å². The van der Waals surface area contributed by atoms with E-state index in [1.807, 2.05) is 43.4 Å². The van der Waals surface area contributed by atoms with Gasteiger partial charge in [-0.15, -0.1) is 0 Å². The molecule has 2 heterocycles. The summed E-state index contributed by atoms with van der Waals surface area (Å²) in [6.07, 6.45) is 3.54. The molecule has 2 N–H and O–H groups in total. The van der Waals surface area contributed by atoms with Gasteiger partial charge in [-0.3, -0.25) is 9.67 Å². The molecule has 0 saturated carbocycles. The molecule has 4 nitrogen and oxygen atoms in total. The number of aromatic nitrogens is 3. The predicted octanol–water partition coefficient (Wildman–Crippen LogP) is 3.49. The molecule has 0 spiro atoms. The fraction of sp³-hybridized carbons (Fsp3) is 0.0667. The van der Waals surface area contributed by atoms with Crippen LogP contribution in [0.3, 0.4) is 0 Å². The molecule has 2 aromatic heterocycles. The Labute approximate surface area is 125 Å². The van der Waals surface area contributed by atoms with Gasteiger partial charge < -0.3 is 5.73 Å². The number of nitrogen functional groups attached to an aromatic ring is 1. The number of anilines is 1. The summed E-state index contributed by atoms with van der Waals surface area (Å²) in [5.74, 6) is 0.641. The lowest BCUT2D eigenvalue weighted by molar-refractivity contribution is 0.782. The summed E-state index contributed by atoms with van der Waals surface area (Å²) in [5.41, 5.74) is 9.95. The third-order valence-corrected chi connectivity index (χ3v) is 3.63. The minimum absolute atomic E-state index is 0.641. The second kappa shape index (κ2) is 5.09. The highest BCUT2D eigenvalue weighted by Crippen LogP contribution is 2.36. The maximum Gasteiger partial charge on any atom is 0.129 e. The average Bonchev–Trinajstić information content (AvgIpc) is 2.76. The normalized spacial score (nSPS) is 10.7. The van der Waals surface area contributed by atoms with Gasteiger partial charge >= 0.3 is 0 Å². The van der Waals surface area contributed by atoms with Crippen molar-refractivity contribution in [3.8, 4) is 22.4 Å². The fourth-order valence-corrected chi connectivity index (χ4v) is 2.57. The monoisotopic (exact) mass is 328 g/mol. The van der Waals surface area contributed by atoms with Crippen molar-refractivity contribution in [2.75, 3.05) is 5.73 Å². The van der Waals surface area contributed by atoms with E-state index in [1.54, 1.807) is 17.1 Å². The van der Waals surface area contributed by atoms with E-state index in [9.17, 15) is 0 Å². The summed E-state index contributed by atoms with van der Waals surface area (Å²) in [6, 6.07) is 11.9. The average molecular weight is 329 g/mol. The number of hydrogen-bond donors (Lipinski definition) is 1. The van der Waals surface area contributed by atoms with E-state index in [1.165, 1.54) is 0 Å². The van der Waals surface area contributed by atoms with Crippen LogP contribution in [0.2, 0.25) is 0 Å². The summed E-state index contributed by atoms with van der Waals surface area (Å²) in [4.78, 5) is 4.15. The second-order valence-corrected chi connectivity index (χ2v) is 5.40. The number of nitrogens with zero attached hydrogens (tertiary/aromatic N) is 3. The molecule has 0 aliphatic heterocycles. The summed E-state index contributed by atoms with van der Waals surface area (Å²) < 4.78 is 2.70. The van der Waals surface area contributed by atoms with Crippen LogP contribution < -0.4 is 5.73 Å². The standard InChI is InChI=1S/C15H13BrN4/c1-20-15(17)13(10-4-2-6-12(16)8-10)14(19-20)11-5-3-7-18-9-11/h2-9H,17H2,1H3. The van der Waals surface area contributed by atoms with Crippen LogP contribution in [0.5, 0.6) is 0 Å². The van der Waals surface area contributed by atoms with E-state index in [0.717, 1.165) is 26.9 Å². The molecule has 1 aromatic carbocycles. The van der Waals surface area contributed by atoms with Crippen LogP contribution in [0.1, 0.15) is 0 Å². The summed E-state index contributed by atoms with van der Waals surface area (Å²) in [5, 5.41) is 4.52. The molecule has 100 valence electrons. The van der Waals surface area contributed by atoms with Gasteiger partial charge in [-0.25, -0.2) is 0 Å². The molecule has 0 atom stereocenters. The molecule has 0 aliphatic carbocycles. The third-order valence-electron chi connectivity index (χ3n) is 3.14. The topological polar surface area (TPSA) is 56.7 Å². The molecular weight excluding hydrogens is 316 g/mol. The van der Waals surface area contributed by atoms with Crippen LogP contribution in [0.25, 0.3) is 22.4 Å². The Morgan fingerprint density at radius 2 is 1.95 bits per heavy atom. The highest BCUT2D eigenvalue weighted by Gasteiger charge is 2.17.